The van der Waals surface area contributed by atoms with Crippen LogP contribution >= 0.6 is 0 Å². The Hall–Kier alpha value is -1.51. The van der Waals surface area contributed by atoms with Crippen LogP contribution in [0.2, 0.25) is 0 Å². The van der Waals surface area contributed by atoms with E-state index in [1.807, 2.05) is 6.20 Å². The van der Waals surface area contributed by atoms with E-state index in [1.165, 1.54) is 12.8 Å². The predicted molar refractivity (Wildman–Crippen MR) is 59.5 cm³/mol. The van der Waals surface area contributed by atoms with Crippen molar-refractivity contribution in [2.75, 3.05) is 11.9 Å². The van der Waals surface area contributed by atoms with Gasteiger partial charge in [-0.05, 0) is 24.6 Å². The van der Waals surface area contributed by atoms with Gasteiger partial charge in [-0.3, -0.25) is 5.10 Å². The summed E-state index contributed by atoms with van der Waals surface area (Å²) in [4.78, 5) is 0. The van der Waals surface area contributed by atoms with E-state index in [0.29, 0.717) is 0 Å². The molecule has 0 saturated carbocycles. The maximum absolute atomic E-state index is 3.99. The summed E-state index contributed by atoms with van der Waals surface area (Å²) in [6, 6.07) is 6.26. The standard InChI is InChI=1S/C11H15N3/c1-2-3-6-12-10-5-4-9-8-13-14-11(9)7-10/h4-5,7-8,12H,2-3,6H2,1H3,(H,13,14). The molecule has 3 heteroatoms. The van der Waals surface area contributed by atoms with E-state index in [-0.39, 0.29) is 0 Å². The second-order valence-corrected chi connectivity index (χ2v) is 3.45. The van der Waals surface area contributed by atoms with E-state index < -0.39 is 0 Å². The van der Waals surface area contributed by atoms with Crippen molar-refractivity contribution >= 4 is 16.6 Å². The Bertz CT molecular complexity index is 406. The number of aromatic amines is 1. The summed E-state index contributed by atoms with van der Waals surface area (Å²) in [5.41, 5.74) is 2.25. The molecule has 0 fully saturated rings. The molecule has 1 heterocycles. The van der Waals surface area contributed by atoms with Gasteiger partial charge in [-0.1, -0.05) is 13.3 Å². The molecule has 0 aliphatic heterocycles. The van der Waals surface area contributed by atoms with Crippen LogP contribution in [-0.4, -0.2) is 16.7 Å². The summed E-state index contributed by atoms with van der Waals surface area (Å²) >= 11 is 0. The van der Waals surface area contributed by atoms with Crippen molar-refractivity contribution in [3.63, 3.8) is 0 Å². The van der Waals surface area contributed by atoms with Crippen molar-refractivity contribution in [1.29, 1.82) is 0 Å². The second kappa shape index (κ2) is 4.13. The Morgan fingerprint density at radius 3 is 3.21 bits per heavy atom. The molecule has 2 rings (SSSR count). The molecule has 0 saturated heterocycles. The first-order valence-corrected chi connectivity index (χ1v) is 5.07. The summed E-state index contributed by atoms with van der Waals surface area (Å²) in [5.74, 6) is 0. The summed E-state index contributed by atoms with van der Waals surface area (Å²) in [7, 11) is 0. The van der Waals surface area contributed by atoms with Crippen LogP contribution in [0.4, 0.5) is 5.69 Å². The van der Waals surface area contributed by atoms with E-state index in [4.69, 9.17) is 0 Å². The van der Waals surface area contributed by atoms with Crippen LogP contribution in [0.1, 0.15) is 19.8 Å². The van der Waals surface area contributed by atoms with Crippen molar-refractivity contribution in [3.8, 4) is 0 Å². The molecule has 0 atom stereocenters. The van der Waals surface area contributed by atoms with E-state index in [2.05, 4.69) is 40.6 Å². The van der Waals surface area contributed by atoms with E-state index >= 15 is 0 Å². The Morgan fingerprint density at radius 1 is 1.43 bits per heavy atom. The molecule has 1 aromatic carbocycles. The first-order valence-electron chi connectivity index (χ1n) is 5.07. The number of hydrogen-bond acceptors (Lipinski definition) is 2. The third kappa shape index (κ3) is 1.87. The lowest BCUT2D eigenvalue weighted by Gasteiger charge is -2.04. The van der Waals surface area contributed by atoms with E-state index in [0.717, 1.165) is 23.1 Å². The summed E-state index contributed by atoms with van der Waals surface area (Å²) in [6.45, 7) is 3.23. The van der Waals surface area contributed by atoms with Crippen molar-refractivity contribution in [1.82, 2.24) is 10.2 Å². The quantitative estimate of drug-likeness (QED) is 0.726. The highest BCUT2D eigenvalue weighted by Gasteiger charge is 1.96. The number of rotatable bonds is 4. The van der Waals surface area contributed by atoms with Crippen molar-refractivity contribution in [2.24, 2.45) is 0 Å². The lowest BCUT2D eigenvalue weighted by molar-refractivity contribution is 0.834. The number of hydrogen-bond donors (Lipinski definition) is 2. The lowest BCUT2D eigenvalue weighted by Crippen LogP contribution is -2.00. The van der Waals surface area contributed by atoms with Crippen LogP contribution < -0.4 is 5.32 Å². The average molecular weight is 189 g/mol. The van der Waals surface area contributed by atoms with Crippen LogP contribution in [0, 0.1) is 0 Å². The Labute approximate surface area is 83.5 Å². The molecule has 2 N–H and O–H groups in total. The van der Waals surface area contributed by atoms with Gasteiger partial charge in [0, 0.05) is 17.6 Å². The zero-order valence-corrected chi connectivity index (χ0v) is 8.38. The highest BCUT2D eigenvalue weighted by atomic mass is 15.1. The van der Waals surface area contributed by atoms with Gasteiger partial charge in [0.15, 0.2) is 0 Å². The minimum Gasteiger partial charge on any atom is -0.385 e. The minimum atomic E-state index is 1.04. The first kappa shape index (κ1) is 9.06. The fourth-order valence-corrected chi connectivity index (χ4v) is 1.46. The van der Waals surface area contributed by atoms with Crippen molar-refractivity contribution < 1.29 is 0 Å². The van der Waals surface area contributed by atoms with Crippen LogP contribution in [-0.2, 0) is 0 Å². The third-order valence-corrected chi connectivity index (χ3v) is 2.30. The lowest BCUT2D eigenvalue weighted by atomic mass is 10.2. The SMILES string of the molecule is CCCCNc1ccc2cn[nH]c2c1. The van der Waals surface area contributed by atoms with Gasteiger partial charge in [0.2, 0.25) is 0 Å². The van der Waals surface area contributed by atoms with Gasteiger partial charge in [0.05, 0.1) is 11.7 Å². The Kier molecular flexibility index (Phi) is 2.68. The Morgan fingerprint density at radius 2 is 2.36 bits per heavy atom. The largest absolute Gasteiger partial charge is 0.385 e. The molecular weight excluding hydrogens is 174 g/mol. The second-order valence-electron chi connectivity index (χ2n) is 3.45. The molecule has 2 aromatic rings. The number of aromatic nitrogens is 2. The summed E-state index contributed by atoms with van der Waals surface area (Å²) in [5, 5.41) is 11.5. The summed E-state index contributed by atoms with van der Waals surface area (Å²) in [6.07, 6.45) is 4.27. The molecule has 0 bridgehead atoms. The molecule has 3 nitrogen and oxygen atoms in total. The van der Waals surface area contributed by atoms with Crippen LogP contribution in [0.5, 0.6) is 0 Å². The van der Waals surface area contributed by atoms with Gasteiger partial charge in [-0.25, -0.2) is 0 Å². The zero-order valence-electron chi connectivity index (χ0n) is 8.38. The molecule has 0 aliphatic rings. The first-order chi connectivity index (χ1) is 6.90. The van der Waals surface area contributed by atoms with E-state index in [9.17, 15) is 0 Å². The Balaban J connectivity index is 2.10. The van der Waals surface area contributed by atoms with Gasteiger partial charge in [-0.2, -0.15) is 5.10 Å². The molecule has 14 heavy (non-hydrogen) atoms. The zero-order chi connectivity index (χ0) is 9.80. The predicted octanol–water partition coefficient (Wildman–Crippen LogP) is 2.77. The van der Waals surface area contributed by atoms with Gasteiger partial charge >= 0.3 is 0 Å². The van der Waals surface area contributed by atoms with Crippen LogP contribution in [0.15, 0.2) is 24.4 Å². The summed E-state index contributed by atoms with van der Waals surface area (Å²) < 4.78 is 0. The highest BCUT2D eigenvalue weighted by Crippen LogP contribution is 2.16. The van der Waals surface area contributed by atoms with Gasteiger partial charge < -0.3 is 5.32 Å². The van der Waals surface area contributed by atoms with E-state index in [1.54, 1.807) is 0 Å². The van der Waals surface area contributed by atoms with Gasteiger partial charge in [0.25, 0.3) is 0 Å². The van der Waals surface area contributed by atoms with Gasteiger partial charge in [0.1, 0.15) is 0 Å². The number of benzene rings is 1. The smallest absolute Gasteiger partial charge is 0.0670 e. The molecule has 0 amide bonds. The topological polar surface area (TPSA) is 40.7 Å². The molecule has 0 radical (unpaired) electrons. The maximum atomic E-state index is 3.99. The normalized spacial score (nSPS) is 10.6. The number of nitrogens with zero attached hydrogens (tertiary/aromatic N) is 1. The minimum absolute atomic E-state index is 1.04. The third-order valence-electron chi connectivity index (χ3n) is 2.30. The van der Waals surface area contributed by atoms with Crippen LogP contribution in [0.25, 0.3) is 10.9 Å². The molecule has 1 aromatic heterocycles. The number of anilines is 1. The number of nitrogens with one attached hydrogen (secondary N) is 2. The number of H-pyrrole nitrogens is 1. The molecule has 0 spiro atoms. The maximum Gasteiger partial charge on any atom is 0.0670 e. The van der Waals surface area contributed by atoms with Gasteiger partial charge in [-0.15, -0.1) is 0 Å². The molecule has 0 unspecified atom stereocenters. The highest BCUT2D eigenvalue weighted by molar-refractivity contribution is 5.81. The van der Waals surface area contributed by atoms with Crippen molar-refractivity contribution in [3.05, 3.63) is 24.4 Å². The van der Waals surface area contributed by atoms with Crippen molar-refractivity contribution in [2.45, 2.75) is 19.8 Å². The fraction of sp³-hybridized carbons (Fsp3) is 0.364. The monoisotopic (exact) mass is 189 g/mol. The average Bonchev–Trinajstić information content (AvgIpc) is 2.65. The fourth-order valence-electron chi connectivity index (χ4n) is 1.46. The van der Waals surface area contributed by atoms with Crippen LogP contribution in [0.3, 0.4) is 0 Å². The molecule has 0 aliphatic carbocycles. The molecular formula is C11H15N3. The number of unbranched alkanes of at least 4 members (excludes halogenated alkanes) is 1. The number of fused-ring (bicyclic) bond motifs is 1. The molecule has 74 valence electrons.